The summed E-state index contributed by atoms with van der Waals surface area (Å²) in [6.45, 7) is 4.09. The van der Waals surface area contributed by atoms with Crippen molar-refractivity contribution in [2.45, 2.75) is 19.9 Å². The molecule has 5 aromatic rings. The Bertz CT molecular complexity index is 1470. The lowest BCUT2D eigenvalue weighted by Crippen LogP contribution is -2.22. The van der Waals surface area contributed by atoms with Crippen molar-refractivity contribution in [3.63, 3.8) is 0 Å². The first-order valence-corrected chi connectivity index (χ1v) is 12.1. The zero-order valence-corrected chi connectivity index (χ0v) is 20.7. The largest absolute Gasteiger partial charge is 0.371 e. The van der Waals surface area contributed by atoms with E-state index in [4.69, 9.17) is 0 Å². The van der Waals surface area contributed by atoms with Crippen molar-refractivity contribution in [3.05, 3.63) is 124 Å². The molecule has 0 aliphatic heterocycles. The second kappa shape index (κ2) is 9.32. The number of hydrogen-bond donors (Lipinski definition) is 2. The fourth-order valence-corrected chi connectivity index (χ4v) is 4.63. The van der Waals surface area contributed by atoms with E-state index in [-0.39, 0.29) is 5.78 Å². The maximum absolute atomic E-state index is 14.0. The molecule has 4 aromatic carbocycles. The molecule has 0 amide bonds. The summed E-state index contributed by atoms with van der Waals surface area (Å²) < 4.78 is 1.01. The lowest BCUT2D eigenvalue weighted by atomic mass is 9.92. The molecule has 0 aliphatic rings. The highest BCUT2D eigenvalue weighted by Gasteiger charge is 2.28. The molecule has 0 saturated carbocycles. The van der Waals surface area contributed by atoms with Crippen LogP contribution in [-0.2, 0) is 0 Å². The number of benzene rings is 4. The van der Waals surface area contributed by atoms with Crippen LogP contribution in [0.1, 0.15) is 33.1 Å². The zero-order valence-electron chi connectivity index (χ0n) is 19.1. The van der Waals surface area contributed by atoms with Crippen molar-refractivity contribution < 1.29 is 4.79 Å². The van der Waals surface area contributed by atoms with Crippen LogP contribution in [-0.4, -0.2) is 10.8 Å². The number of halogens is 1. The molecule has 1 unspecified atom stereocenters. The maximum Gasteiger partial charge on any atom is 0.189 e. The number of para-hydroxylation sites is 1. The number of Topliss-reactive ketones (excluding diaryl/α,β-unsaturated/α-hetero) is 1. The van der Waals surface area contributed by atoms with Crippen LogP contribution in [0.15, 0.2) is 102 Å². The van der Waals surface area contributed by atoms with E-state index in [9.17, 15) is 4.79 Å². The van der Waals surface area contributed by atoms with Crippen molar-refractivity contribution in [1.29, 1.82) is 0 Å². The number of carbonyl (C=O) groups excluding carboxylic acids is 1. The number of anilines is 1. The lowest BCUT2D eigenvalue weighted by molar-refractivity contribution is 0.0970. The van der Waals surface area contributed by atoms with Gasteiger partial charge >= 0.3 is 0 Å². The molecule has 0 saturated heterocycles. The Morgan fingerprint density at radius 3 is 2.29 bits per heavy atom. The maximum atomic E-state index is 14.0. The molecule has 168 valence electrons. The highest BCUT2D eigenvalue weighted by Crippen LogP contribution is 2.38. The van der Waals surface area contributed by atoms with Gasteiger partial charge in [-0.2, -0.15) is 0 Å². The molecule has 5 rings (SSSR count). The first-order valence-electron chi connectivity index (χ1n) is 11.3. The molecule has 4 heteroatoms. The third kappa shape index (κ3) is 4.42. The van der Waals surface area contributed by atoms with E-state index in [0.717, 1.165) is 49.0 Å². The smallest absolute Gasteiger partial charge is 0.189 e. The Kier molecular flexibility index (Phi) is 6.08. The second-order valence-corrected chi connectivity index (χ2v) is 9.56. The summed E-state index contributed by atoms with van der Waals surface area (Å²) in [5, 5.41) is 4.60. The molecule has 0 fully saturated rings. The fourth-order valence-electron chi connectivity index (χ4n) is 4.36. The summed E-state index contributed by atoms with van der Waals surface area (Å²) in [4.78, 5) is 17.6. The number of aryl methyl sites for hydroxylation is 2. The third-order valence-corrected chi connectivity index (χ3v) is 6.62. The Morgan fingerprint density at radius 1 is 0.824 bits per heavy atom. The predicted molar refractivity (Wildman–Crippen MR) is 144 cm³/mol. The van der Waals surface area contributed by atoms with Gasteiger partial charge in [-0.15, -0.1) is 0 Å². The summed E-state index contributed by atoms with van der Waals surface area (Å²) >= 11 is 3.53. The molecule has 1 atom stereocenters. The van der Waals surface area contributed by atoms with E-state index in [1.165, 1.54) is 0 Å². The highest BCUT2D eigenvalue weighted by atomic mass is 79.9. The van der Waals surface area contributed by atoms with E-state index >= 15 is 0 Å². The van der Waals surface area contributed by atoms with Gasteiger partial charge in [0.25, 0.3) is 0 Å². The predicted octanol–water partition coefficient (Wildman–Crippen LogP) is 8.25. The van der Waals surface area contributed by atoms with Crippen molar-refractivity contribution in [3.8, 4) is 11.3 Å². The van der Waals surface area contributed by atoms with Crippen molar-refractivity contribution in [1.82, 2.24) is 4.98 Å². The number of aromatic amines is 1. The second-order valence-electron chi connectivity index (χ2n) is 8.64. The molecule has 0 bridgehead atoms. The van der Waals surface area contributed by atoms with E-state index in [2.05, 4.69) is 69.6 Å². The topological polar surface area (TPSA) is 44.9 Å². The van der Waals surface area contributed by atoms with Crippen LogP contribution in [0.2, 0.25) is 0 Å². The monoisotopic (exact) mass is 508 g/mol. The van der Waals surface area contributed by atoms with Gasteiger partial charge in [0.05, 0.1) is 5.69 Å². The number of carbonyl (C=O) groups is 1. The van der Waals surface area contributed by atoms with Crippen LogP contribution in [0.3, 0.4) is 0 Å². The Balaban J connectivity index is 1.72. The van der Waals surface area contributed by atoms with Crippen LogP contribution < -0.4 is 5.32 Å². The van der Waals surface area contributed by atoms with Crippen LogP contribution in [0, 0.1) is 13.8 Å². The Hall–Kier alpha value is -3.63. The quantitative estimate of drug-likeness (QED) is 0.226. The average molecular weight is 509 g/mol. The highest BCUT2D eigenvalue weighted by molar-refractivity contribution is 9.10. The standard InChI is InChI=1S/C30H25BrN2O/c1-19-10-12-22(13-11-19)30(34)29(32-24-7-5-6-20(2)18-24)27-25-8-3-4-9-26(25)33-28(27)21-14-16-23(31)17-15-21/h3-18,29,32-33H,1-2H3. The number of ketones is 1. The van der Waals surface area contributed by atoms with Gasteiger partial charge in [-0.05, 0) is 55.3 Å². The van der Waals surface area contributed by atoms with Gasteiger partial charge in [-0.1, -0.05) is 88.2 Å². The third-order valence-electron chi connectivity index (χ3n) is 6.10. The van der Waals surface area contributed by atoms with Crippen molar-refractivity contribution in [2.75, 3.05) is 5.32 Å². The minimum Gasteiger partial charge on any atom is -0.371 e. The number of hydrogen-bond acceptors (Lipinski definition) is 2. The molecular weight excluding hydrogens is 484 g/mol. The molecule has 2 N–H and O–H groups in total. The van der Waals surface area contributed by atoms with Gasteiger partial charge in [0.15, 0.2) is 5.78 Å². The summed E-state index contributed by atoms with van der Waals surface area (Å²) in [7, 11) is 0. The van der Waals surface area contributed by atoms with Gasteiger partial charge in [-0.3, -0.25) is 4.79 Å². The van der Waals surface area contributed by atoms with Gasteiger partial charge in [0.2, 0.25) is 0 Å². The summed E-state index contributed by atoms with van der Waals surface area (Å²) in [5.74, 6) is 0.0321. The lowest BCUT2D eigenvalue weighted by Gasteiger charge is -2.21. The van der Waals surface area contributed by atoms with Gasteiger partial charge in [0.1, 0.15) is 6.04 Å². The van der Waals surface area contributed by atoms with E-state index in [1.807, 2.05) is 67.6 Å². The molecule has 34 heavy (non-hydrogen) atoms. The zero-order chi connectivity index (χ0) is 23.7. The molecule has 3 nitrogen and oxygen atoms in total. The van der Waals surface area contributed by atoms with E-state index < -0.39 is 6.04 Å². The summed E-state index contributed by atoms with van der Waals surface area (Å²) in [6.07, 6.45) is 0. The molecule has 0 radical (unpaired) electrons. The number of fused-ring (bicyclic) bond motifs is 1. The van der Waals surface area contributed by atoms with Gasteiger partial charge in [0, 0.05) is 32.2 Å². The van der Waals surface area contributed by atoms with E-state index in [1.54, 1.807) is 0 Å². The minimum atomic E-state index is -0.570. The molecule has 1 heterocycles. The normalized spacial score (nSPS) is 12.0. The number of nitrogens with one attached hydrogen (secondary N) is 2. The minimum absolute atomic E-state index is 0.0321. The number of aromatic nitrogens is 1. The van der Waals surface area contributed by atoms with Crippen molar-refractivity contribution in [2.24, 2.45) is 0 Å². The van der Waals surface area contributed by atoms with Gasteiger partial charge in [-0.25, -0.2) is 0 Å². The number of H-pyrrole nitrogens is 1. The summed E-state index contributed by atoms with van der Waals surface area (Å²) in [5.41, 5.74) is 7.79. The Morgan fingerprint density at radius 2 is 1.56 bits per heavy atom. The Labute approximate surface area is 208 Å². The van der Waals surface area contributed by atoms with Crippen LogP contribution in [0.5, 0.6) is 0 Å². The molecule has 1 aromatic heterocycles. The van der Waals surface area contributed by atoms with Gasteiger partial charge < -0.3 is 10.3 Å². The first-order chi connectivity index (χ1) is 16.5. The van der Waals surface area contributed by atoms with Crippen LogP contribution in [0.25, 0.3) is 22.2 Å². The summed E-state index contributed by atoms with van der Waals surface area (Å²) in [6, 6.07) is 31.7. The molecule has 0 aliphatic carbocycles. The average Bonchev–Trinajstić information content (AvgIpc) is 3.22. The fraction of sp³-hybridized carbons (Fsp3) is 0.100. The van der Waals surface area contributed by atoms with Crippen LogP contribution >= 0.6 is 15.9 Å². The molecular formula is C30H25BrN2O. The first kappa shape index (κ1) is 22.2. The van der Waals surface area contributed by atoms with Crippen molar-refractivity contribution >= 4 is 38.3 Å². The van der Waals surface area contributed by atoms with E-state index in [0.29, 0.717) is 5.56 Å². The molecule has 0 spiro atoms. The van der Waals surface area contributed by atoms with Crippen LogP contribution in [0.4, 0.5) is 5.69 Å². The SMILES string of the molecule is Cc1ccc(C(=O)C(Nc2cccc(C)c2)c2c(-c3ccc(Br)cc3)[nH]c3ccccc23)cc1. The number of rotatable bonds is 6.